The molecule has 0 aromatic carbocycles. The Morgan fingerprint density at radius 3 is 1.85 bits per heavy atom. The Hall–Kier alpha value is -0.123. The highest BCUT2D eigenvalue weighted by molar-refractivity contribution is 6.50. The maximum absolute atomic E-state index is 5.54. The molecular weight excluding hydrogens is 180 g/mol. The van der Waals surface area contributed by atoms with Crippen LogP contribution in [0.1, 0.15) is 39.5 Å². The lowest BCUT2D eigenvalue weighted by molar-refractivity contribution is 0.201. The molecule has 0 spiro atoms. The van der Waals surface area contributed by atoms with Gasteiger partial charge in [-0.1, -0.05) is 26.7 Å². The molecule has 0 atom stereocenters. The Bertz CT molecular complexity index is 107. The molecule has 0 bridgehead atoms. The third-order valence-corrected chi connectivity index (χ3v) is 2.96. The van der Waals surface area contributed by atoms with Gasteiger partial charge in [0.15, 0.2) is 0 Å². The van der Waals surface area contributed by atoms with E-state index in [0.29, 0.717) is 0 Å². The highest BCUT2D eigenvalue weighted by Gasteiger charge is 2.09. The van der Waals surface area contributed by atoms with Crippen LogP contribution in [-0.4, -0.2) is 22.5 Å². The lowest BCUT2D eigenvalue weighted by Gasteiger charge is -2.10. The predicted molar refractivity (Wildman–Crippen MR) is 57.7 cm³/mol. The minimum absolute atomic E-state index is 0.808. The van der Waals surface area contributed by atoms with E-state index in [1.165, 1.54) is 12.8 Å². The first-order chi connectivity index (χ1) is 6.35. The van der Waals surface area contributed by atoms with E-state index in [-0.39, 0.29) is 0 Å². The normalized spacial score (nSPS) is 10.7. The third-order valence-electron chi connectivity index (χ3n) is 1.65. The molecule has 0 unspecified atom stereocenters. The monoisotopic (exact) mass is 201 g/mol. The highest BCUT2D eigenvalue weighted by Crippen LogP contribution is 1.97. The minimum Gasteiger partial charge on any atom is -0.390 e. The van der Waals surface area contributed by atoms with Gasteiger partial charge in [-0.3, -0.25) is 0 Å². The van der Waals surface area contributed by atoms with E-state index < -0.39 is 9.28 Å². The van der Waals surface area contributed by atoms with Crippen molar-refractivity contribution < 1.29 is 8.85 Å². The fraction of sp³-hybridized carbons (Fsp3) is 0.800. The minimum atomic E-state index is -1.17. The maximum Gasteiger partial charge on any atom is 0.415 e. The average Bonchev–Trinajstić information content (AvgIpc) is 2.16. The molecule has 0 N–H and O–H groups in total. The Balaban J connectivity index is 3.34. The van der Waals surface area contributed by atoms with Crippen LogP contribution in [0, 0.1) is 0 Å². The molecule has 77 valence electrons. The second-order valence-corrected chi connectivity index (χ2v) is 4.55. The van der Waals surface area contributed by atoms with E-state index >= 15 is 0 Å². The van der Waals surface area contributed by atoms with Crippen molar-refractivity contribution >= 4 is 9.28 Å². The summed E-state index contributed by atoms with van der Waals surface area (Å²) in [5.41, 5.74) is 1.82. The molecule has 13 heavy (non-hydrogen) atoms. The molecule has 0 rings (SSSR count). The fourth-order valence-corrected chi connectivity index (χ4v) is 1.80. The molecule has 0 saturated heterocycles. The molecule has 0 aromatic heterocycles. The van der Waals surface area contributed by atoms with Crippen molar-refractivity contribution in [3.63, 3.8) is 0 Å². The molecule has 0 saturated carbocycles. The van der Waals surface area contributed by atoms with Crippen LogP contribution < -0.4 is 0 Å². The van der Waals surface area contributed by atoms with Gasteiger partial charge >= 0.3 is 9.28 Å². The summed E-state index contributed by atoms with van der Waals surface area (Å²) in [7, 11) is -1.17. The van der Waals surface area contributed by atoms with E-state index in [0.717, 1.165) is 26.1 Å². The lowest BCUT2D eigenvalue weighted by Crippen LogP contribution is -2.21. The quantitative estimate of drug-likeness (QED) is 0.422. The lowest BCUT2D eigenvalue weighted by atomic mass is 10.4. The van der Waals surface area contributed by atoms with Crippen molar-refractivity contribution in [1.82, 2.24) is 0 Å². The summed E-state index contributed by atoms with van der Waals surface area (Å²) < 4.78 is 11.1. The van der Waals surface area contributed by atoms with Crippen molar-refractivity contribution in [2.24, 2.45) is 0 Å². The molecule has 0 heterocycles. The molecule has 0 aliphatic rings. The summed E-state index contributed by atoms with van der Waals surface area (Å²) in [5.74, 6) is 0. The molecule has 1 radical (unpaired) electrons. The van der Waals surface area contributed by atoms with E-state index in [2.05, 4.69) is 20.4 Å². The van der Waals surface area contributed by atoms with Crippen molar-refractivity contribution in [3.8, 4) is 0 Å². The van der Waals surface area contributed by atoms with Crippen LogP contribution in [0.15, 0.2) is 12.3 Å². The zero-order valence-electron chi connectivity index (χ0n) is 8.84. The van der Waals surface area contributed by atoms with Crippen LogP contribution in [0.4, 0.5) is 0 Å². The summed E-state index contributed by atoms with van der Waals surface area (Å²) >= 11 is 0. The van der Waals surface area contributed by atoms with Crippen molar-refractivity contribution in [2.45, 2.75) is 39.5 Å². The fourth-order valence-electron chi connectivity index (χ4n) is 0.794. The first-order valence-electron chi connectivity index (χ1n) is 5.10. The van der Waals surface area contributed by atoms with Crippen LogP contribution in [0.2, 0.25) is 0 Å². The number of hydrogen-bond acceptors (Lipinski definition) is 2. The van der Waals surface area contributed by atoms with E-state index in [4.69, 9.17) is 8.85 Å². The molecule has 0 aliphatic carbocycles. The number of rotatable bonds is 9. The molecule has 0 aromatic rings. The summed E-state index contributed by atoms with van der Waals surface area (Å²) in [5, 5.41) is 0. The van der Waals surface area contributed by atoms with Gasteiger partial charge in [0.1, 0.15) is 0 Å². The average molecular weight is 201 g/mol. The van der Waals surface area contributed by atoms with Crippen LogP contribution in [0.25, 0.3) is 0 Å². The van der Waals surface area contributed by atoms with Gasteiger partial charge < -0.3 is 8.85 Å². The molecule has 3 heteroatoms. The Labute approximate surface area is 83.8 Å². The standard InChI is InChI=1S/C10H21O2Si/c1-4-7-9-11-13(6-3)12-10-8-5-2/h6H,3-5,7-10H2,1-2H3. The van der Waals surface area contributed by atoms with E-state index in [1.807, 2.05) is 5.70 Å². The Kier molecular flexibility index (Phi) is 9.87. The molecule has 0 amide bonds. The molecule has 2 nitrogen and oxygen atoms in total. The van der Waals surface area contributed by atoms with Gasteiger partial charge in [0, 0.05) is 13.2 Å². The molecule has 0 aliphatic heterocycles. The van der Waals surface area contributed by atoms with Crippen molar-refractivity contribution in [1.29, 1.82) is 0 Å². The summed E-state index contributed by atoms with van der Waals surface area (Å²) in [4.78, 5) is 0. The second-order valence-electron chi connectivity index (χ2n) is 2.93. The van der Waals surface area contributed by atoms with Crippen LogP contribution in [-0.2, 0) is 8.85 Å². The highest BCUT2D eigenvalue weighted by atomic mass is 28.3. The largest absolute Gasteiger partial charge is 0.415 e. The van der Waals surface area contributed by atoms with Gasteiger partial charge in [0.25, 0.3) is 0 Å². The van der Waals surface area contributed by atoms with Gasteiger partial charge in [-0.25, -0.2) is 0 Å². The zero-order chi connectivity index (χ0) is 9.94. The topological polar surface area (TPSA) is 18.5 Å². The van der Waals surface area contributed by atoms with Crippen molar-refractivity contribution in [3.05, 3.63) is 12.3 Å². The second kappa shape index (κ2) is 9.96. The number of unbranched alkanes of at least 4 members (excludes halogenated alkanes) is 2. The number of hydrogen-bond donors (Lipinski definition) is 0. The smallest absolute Gasteiger partial charge is 0.390 e. The zero-order valence-corrected chi connectivity index (χ0v) is 9.84. The van der Waals surface area contributed by atoms with Crippen LogP contribution in [0.5, 0.6) is 0 Å². The molecule has 0 fully saturated rings. The van der Waals surface area contributed by atoms with Gasteiger partial charge in [0.2, 0.25) is 0 Å². The van der Waals surface area contributed by atoms with Gasteiger partial charge in [0.05, 0.1) is 0 Å². The summed E-state index contributed by atoms with van der Waals surface area (Å²) in [6, 6.07) is 0. The van der Waals surface area contributed by atoms with Crippen LogP contribution >= 0.6 is 0 Å². The van der Waals surface area contributed by atoms with E-state index in [1.54, 1.807) is 0 Å². The molecular formula is C10H21O2Si. The summed E-state index contributed by atoms with van der Waals surface area (Å²) in [6.45, 7) is 9.64. The summed E-state index contributed by atoms with van der Waals surface area (Å²) in [6.07, 6.45) is 4.56. The SMILES string of the molecule is C=C[Si](OCCCC)OCCCC. The van der Waals surface area contributed by atoms with Crippen LogP contribution in [0.3, 0.4) is 0 Å². The first-order valence-corrected chi connectivity index (χ1v) is 6.49. The van der Waals surface area contributed by atoms with Gasteiger partial charge in [-0.15, -0.1) is 6.58 Å². The maximum atomic E-state index is 5.54. The Morgan fingerprint density at radius 2 is 1.54 bits per heavy atom. The van der Waals surface area contributed by atoms with Gasteiger partial charge in [-0.05, 0) is 18.5 Å². The predicted octanol–water partition coefficient (Wildman–Crippen LogP) is 2.83. The van der Waals surface area contributed by atoms with E-state index in [9.17, 15) is 0 Å². The van der Waals surface area contributed by atoms with Crippen molar-refractivity contribution in [2.75, 3.05) is 13.2 Å². The van der Waals surface area contributed by atoms with Gasteiger partial charge in [-0.2, -0.15) is 0 Å². The third kappa shape index (κ3) is 8.21. The Morgan fingerprint density at radius 1 is 1.08 bits per heavy atom. The first kappa shape index (κ1) is 12.9.